The lowest BCUT2D eigenvalue weighted by molar-refractivity contribution is -0.123. The summed E-state index contributed by atoms with van der Waals surface area (Å²) in [5.74, 6) is -0.305. The second-order valence-corrected chi connectivity index (χ2v) is 3.43. The maximum absolute atomic E-state index is 10.9. The van der Waals surface area contributed by atoms with Gasteiger partial charge >= 0.3 is 0 Å². The Morgan fingerprint density at radius 1 is 0.750 bits per heavy atom. The minimum Gasteiger partial charge on any atom is -0.377 e. The first-order valence-corrected chi connectivity index (χ1v) is 5.45. The normalized spacial score (nSPS) is 9.88. The number of carbonyl (C=O) groups is 2. The molecule has 4 N–H and O–H groups in total. The molecule has 0 aliphatic carbocycles. The van der Waals surface area contributed by atoms with E-state index in [-0.39, 0.29) is 25.3 Å². The van der Waals surface area contributed by atoms with Gasteiger partial charge in [0, 0.05) is 12.8 Å². The van der Waals surface area contributed by atoms with Crippen LogP contribution in [0.25, 0.3) is 0 Å². The highest BCUT2D eigenvalue weighted by molar-refractivity contribution is 5.76. The van der Waals surface area contributed by atoms with Crippen LogP contribution in [0, 0.1) is 0 Å². The van der Waals surface area contributed by atoms with E-state index < -0.39 is 0 Å². The maximum atomic E-state index is 10.9. The van der Waals surface area contributed by atoms with E-state index in [1.165, 1.54) is 0 Å². The van der Waals surface area contributed by atoms with Gasteiger partial charge in [-0.25, -0.2) is 0 Å². The smallest absolute Gasteiger partial charge is 0.221 e. The van der Waals surface area contributed by atoms with E-state index in [4.69, 9.17) is 10.2 Å². The first-order chi connectivity index (χ1) is 7.70. The molecule has 0 atom stereocenters. The molecular formula is C10H20N2O4. The topological polar surface area (TPSA) is 98.7 Å². The van der Waals surface area contributed by atoms with Crippen LogP contribution >= 0.6 is 0 Å². The molecule has 0 radical (unpaired) electrons. The molecule has 0 aromatic rings. The third kappa shape index (κ3) is 9.42. The molecule has 0 aromatic carbocycles. The number of unbranched alkanes of at least 4 members (excludes halogenated alkanes) is 3. The highest BCUT2D eigenvalue weighted by Crippen LogP contribution is 2.05. The summed E-state index contributed by atoms with van der Waals surface area (Å²) in [4.78, 5) is 21.8. The Labute approximate surface area is 95.0 Å². The van der Waals surface area contributed by atoms with Gasteiger partial charge in [-0.15, -0.1) is 0 Å². The molecule has 0 aliphatic rings. The zero-order valence-corrected chi connectivity index (χ0v) is 9.37. The Balaban J connectivity index is 3.21. The van der Waals surface area contributed by atoms with E-state index in [1.54, 1.807) is 0 Å². The van der Waals surface area contributed by atoms with Crippen LogP contribution < -0.4 is 10.6 Å². The van der Waals surface area contributed by atoms with Crippen molar-refractivity contribution in [3.63, 3.8) is 0 Å². The lowest BCUT2D eigenvalue weighted by Crippen LogP contribution is -2.23. The van der Waals surface area contributed by atoms with Gasteiger partial charge < -0.3 is 20.8 Å². The predicted octanol–water partition coefficient (Wildman–Crippen LogP) is -0.541. The average molecular weight is 232 g/mol. The van der Waals surface area contributed by atoms with Crippen LogP contribution in [0.4, 0.5) is 0 Å². The van der Waals surface area contributed by atoms with Crippen LogP contribution in [0.5, 0.6) is 0 Å². The van der Waals surface area contributed by atoms with Gasteiger partial charge in [-0.3, -0.25) is 9.59 Å². The van der Waals surface area contributed by atoms with Gasteiger partial charge in [0.05, 0.1) is 0 Å². The number of hydrogen-bond donors (Lipinski definition) is 4. The molecule has 0 fully saturated rings. The molecule has 6 nitrogen and oxygen atoms in total. The number of amides is 2. The molecule has 6 heteroatoms. The molecule has 0 rings (SSSR count). The van der Waals surface area contributed by atoms with Crippen LogP contribution in [0.15, 0.2) is 0 Å². The highest BCUT2D eigenvalue weighted by atomic mass is 16.3. The van der Waals surface area contributed by atoms with Crippen molar-refractivity contribution in [1.82, 2.24) is 10.6 Å². The van der Waals surface area contributed by atoms with Crippen LogP contribution in [-0.4, -0.2) is 35.5 Å². The molecular weight excluding hydrogens is 212 g/mol. The van der Waals surface area contributed by atoms with E-state index in [2.05, 4.69) is 10.6 Å². The summed E-state index contributed by atoms with van der Waals surface area (Å²) >= 11 is 0. The van der Waals surface area contributed by atoms with Gasteiger partial charge in [0.15, 0.2) is 0 Å². The minimum atomic E-state index is -0.319. The third-order valence-corrected chi connectivity index (χ3v) is 2.11. The molecule has 0 saturated carbocycles. The van der Waals surface area contributed by atoms with Gasteiger partial charge in [0.25, 0.3) is 0 Å². The first kappa shape index (κ1) is 14.9. The molecule has 0 heterocycles. The van der Waals surface area contributed by atoms with Crippen molar-refractivity contribution in [1.29, 1.82) is 0 Å². The lowest BCUT2D eigenvalue weighted by Gasteiger charge is -2.02. The van der Waals surface area contributed by atoms with E-state index in [0.29, 0.717) is 12.8 Å². The van der Waals surface area contributed by atoms with Crippen molar-refractivity contribution in [3.8, 4) is 0 Å². The second-order valence-electron chi connectivity index (χ2n) is 3.43. The zero-order chi connectivity index (χ0) is 12.2. The minimum absolute atomic E-state index is 0.152. The van der Waals surface area contributed by atoms with Crippen molar-refractivity contribution in [3.05, 3.63) is 0 Å². The number of aliphatic hydroxyl groups excluding tert-OH is 2. The SMILES string of the molecule is O=C(CCCCCCC(=O)NCO)NCO. The monoisotopic (exact) mass is 232 g/mol. The summed E-state index contributed by atoms with van der Waals surface area (Å²) < 4.78 is 0. The Morgan fingerprint density at radius 2 is 1.12 bits per heavy atom. The molecule has 16 heavy (non-hydrogen) atoms. The van der Waals surface area contributed by atoms with Crippen molar-refractivity contribution >= 4 is 11.8 Å². The summed E-state index contributed by atoms with van der Waals surface area (Å²) in [5, 5.41) is 21.4. The van der Waals surface area contributed by atoms with E-state index in [1.807, 2.05) is 0 Å². The molecule has 0 bridgehead atoms. The number of carbonyl (C=O) groups excluding carboxylic acids is 2. The summed E-state index contributed by atoms with van der Waals surface area (Å²) in [6, 6.07) is 0. The molecule has 0 saturated heterocycles. The highest BCUT2D eigenvalue weighted by Gasteiger charge is 2.01. The Bertz CT molecular complexity index is 187. The predicted molar refractivity (Wildman–Crippen MR) is 58.2 cm³/mol. The molecule has 94 valence electrons. The number of aliphatic hydroxyl groups is 2. The lowest BCUT2D eigenvalue weighted by atomic mass is 10.1. The van der Waals surface area contributed by atoms with Gasteiger partial charge in [0.2, 0.25) is 11.8 Å². The summed E-state index contributed by atoms with van der Waals surface area (Å²) in [6.45, 7) is -0.639. The fourth-order valence-electron chi connectivity index (χ4n) is 1.28. The quantitative estimate of drug-likeness (QED) is 0.317. The largest absolute Gasteiger partial charge is 0.377 e. The van der Waals surface area contributed by atoms with Gasteiger partial charge in [-0.2, -0.15) is 0 Å². The fraction of sp³-hybridized carbons (Fsp3) is 0.800. The van der Waals surface area contributed by atoms with Crippen molar-refractivity contribution in [2.75, 3.05) is 13.5 Å². The number of nitrogens with one attached hydrogen (secondary N) is 2. The number of rotatable bonds is 9. The van der Waals surface area contributed by atoms with Crippen LogP contribution in [0.3, 0.4) is 0 Å². The van der Waals surface area contributed by atoms with Crippen LogP contribution in [0.2, 0.25) is 0 Å². The molecule has 0 spiro atoms. The Hall–Kier alpha value is -1.14. The standard InChI is InChI=1S/C10H20N2O4/c13-7-11-9(15)5-3-1-2-4-6-10(16)12-8-14/h13-14H,1-8H2,(H,11,15)(H,12,16). The molecule has 0 aliphatic heterocycles. The van der Waals surface area contributed by atoms with Crippen molar-refractivity contribution in [2.24, 2.45) is 0 Å². The van der Waals surface area contributed by atoms with Crippen LogP contribution in [0.1, 0.15) is 38.5 Å². The number of hydrogen-bond acceptors (Lipinski definition) is 4. The van der Waals surface area contributed by atoms with E-state index >= 15 is 0 Å². The Kier molecular flexibility index (Phi) is 9.64. The summed E-state index contributed by atoms with van der Waals surface area (Å²) in [6.07, 6.45) is 4.09. The van der Waals surface area contributed by atoms with Gasteiger partial charge in [-0.1, -0.05) is 12.8 Å². The third-order valence-electron chi connectivity index (χ3n) is 2.11. The zero-order valence-electron chi connectivity index (χ0n) is 9.37. The van der Waals surface area contributed by atoms with Crippen molar-refractivity contribution in [2.45, 2.75) is 38.5 Å². The molecule has 2 amide bonds. The van der Waals surface area contributed by atoms with Gasteiger partial charge in [0.1, 0.15) is 13.5 Å². The van der Waals surface area contributed by atoms with E-state index in [0.717, 1.165) is 25.7 Å². The summed E-state index contributed by atoms with van der Waals surface area (Å²) in [7, 11) is 0. The molecule has 0 unspecified atom stereocenters. The maximum Gasteiger partial charge on any atom is 0.221 e. The van der Waals surface area contributed by atoms with Gasteiger partial charge in [-0.05, 0) is 12.8 Å². The second kappa shape index (κ2) is 10.4. The Morgan fingerprint density at radius 3 is 1.44 bits per heavy atom. The van der Waals surface area contributed by atoms with E-state index in [9.17, 15) is 9.59 Å². The fourth-order valence-corrected chi connectivity index (χ4v) is 1.28. The first-order valence-electron chi connectivity index (χ1n) is 5.45. The summed E-state index contributed by atoms with van der Waals surface area (Å²) in [5.41, 5.74) is 0. The average Bonchev–Trinajstić information content (AvgIpc) is 2.24. The van der Waals surface area contributed by atoms with Crippen LogP contribution in [-0.2, 0) is 9.59 Å². The molecule has 0 aromatic heterocycles. The van der Waals surface area contributed by atoms with Crippen molar-refractivity contribution < 1.29 is 19.8 Å².